The van der Waals surface area contributed by atoms with Crippen LogP contribution in [0.1, 0.15) is 36.0 Å². The summed E-state index contributed by atoms with van der Waals surface area (Å²) in [4.78, 5) is 48.0. The average molecular weight is 528 g/mol. The Hall–Kier alpha value is -5.40. The largest absolute Gasteiger partial charge is 0.379 e. The Morgan fingerprint density at radius 2 is 1.47 bits per heavy atom. The van der Waals surface area contributed by atoms with Gasteiger partial charge >= 0.3 is 0 Å². The summed E-state index contributed by atoms with van der Waals surface area (Å²) in [5.41, 5.74) is 16.7. The molecule has 0 aromatic heterocycles. The number of benzene rings is 2. The van der Waals surface area contributed by atoms with Crippen LogP contribution in [0.4, 0.5) is 28.4 Å². The Labute approximate surface area is 215 Å². The molecule has 17 heteroatoms. The molecule has 17 nitrogen and oxygen atoms in total. The molecule has 0 bridgehead atoms. The van der Waals surface area contributed by atoms with Crippen LogP contribution in [0.2, 0.25) is 0 Å². The number of carbonyl (C=O) groups excluding carboxylic acids is 2. The maximum Gasteiger partial charge on any atom is 0.292 e. The molecular weight excluding hydrogens is 502 g/mol. The Morgan fingerprint density at radius 3 is 2.03 bits per heavy atom. The van der Waals surface area contributed by atoms with Crippen LogP contribution in [0.3, 0.4) is 0 Å². The lowest BCUT2D eigenvalue weighted by Crippen LogP contribution is -2.19. The number of rotatable bonds is 12. The number of nitrogens with one attached hydrogen (secondary N) is 3. The van der Waals surface area contributed by atoms with Crippen molar-refractivity contribution in [2.24, 2.45) is 10.2 Å². The summed E-state index contributed by atoms with van der Waals surface area (Å²) in [7, 11) is 2.95. The lowest BCUT2D eigenvalue weighted by atomic mass is 10.1. The van der Waals surface area contributed by atoms with Crippen molar-refractivity contribution in [2.45, 2.75) is 25.7 Å². The molecule has 0 aliphatic carbocycles. The number of nitro benzene ring substituents is 2. The van der Waals surface area contributed by atoms with Crippen molar-refractivity contribution in [1.82, 2.24) is 10.6 Å². The minimum atomic E-state index is -0.676. The molecule has 0 unspecified atom stereocenters. The highest BCUT2D eigenvalue weighted by Crippen LogP contribution is 2.29. The summed E-state index contributed by atoms with van der Waals surface area (Å²) >= 11 is 0. The first-order valence-corrected chi connectivity index (χ1v) is 11.0. The first-order valence-electron chi connectivity index (χ1n) is 11.0. The molecule has 200 valence electrons. The number of unbranched alkanes of at least 4 members (excludes halogenated alkanes) is 2. The highest BCUT2D eigenvalue weighted by atomic mass is 16.6. The third kappa shape index (κ3) is 10.1. The topological polar surface area (TPSA) is 254 Å². The number of amides is 2. The minimum absolute atomic E-state index is 0.0113. The van der Waals surface area contributed by atoms with E-state index in [1.165, 1.54) is 31.3 Å². The number of hydrogen-bond donors (Lipinski definition) is 3. The second-order valence-corrected chi connectivity index (χ2v) is 7.29. The lowest BCUT2D eigenvalue weighted by molar-refractivity contribution is -0.385. The van der Waals surface area contributed by atoms with Crippen molar-refractivity contribution in [1.29, 1.82) is 0 Å². The van der Waals surface area contributed by atoms with E-state index in [-0.39, 0.29) is 34.2 Å². The molecule has 2 aromatic rings. The van der Waals surface area contributed by atoms with E-state index in [2.05, 4.69) is 36.0 Å². The molecule has 0 saturated heterocycles. The Balaban J connectivity index is 0.000000399. The van der Waals surface area contributed by atoms with Crippen molar-refractivity contribution in [3.05, 3.63) is 83.1 Å². The fourth-order valence-electron chi connectivity index (χ4n) is 2.98. The monoisotopic (exact) mass is 527 g/mol. The van der Waals surface area contributed by atoms with E-state index in [9.17, 15) is 29.8 Å². The fourth-order valence-corrected chi connectivity index (χ4v) is 2.98. The second-order valence-electron chi connectivity index (χ2n) is 7.29. The molecule has 3 N–H and O–H groups in total. The number of nitrogens with zero attached hydrogens (tertiary/aromatic N) is 8. The van der Waals surface area contributed by atoms with Gasteiger partial charge in [-0.25, -0.2) is 0 Å². The fraction of sp³-hybridized carbons (Fsp3) is 0.333. The SMILES string of the molecule is CNC(=O)CCCCCNc1ccc(N=[N+]=[N-])cc1[N+](=O)[O-].CNC(=O)c1cc(N=[N+]=[N-])ccc1[N+](=O)[O-]. The van der Waals surface area contributed by atoms with E-state index in [1.807, 2.05) is 0 Å². The maximum atomic E-state index is 11.3. The Bertz CT molecular complexity index is 1270. The minimum Gasteiger partial charge on any atom is -0.379 e. The van der Waals surface area contributed by atoms with E-state index >= 15 is 0 Å². The van der Waals surface area contributed by atoms with Crippen LogP contribution in [0.5, 0.6) is 0 Å². The molecular formula is C21H25N11O6. The first kappa shape index (κ1) is 30.6. The van der Waals surface area contributed by atoms with E-state index in [1.54, 1.807) is 7.05 Å². The lowest BCUT2D eigenvalue weighted by Gasteiger charge is -2.07. The van der Waals surface area contributed by atoms with Crippen LogP contribution < -0.4 is 16.0 Å². The third-order valence-corrected chi connectivity index (χ3v) is 4.82. The average Bonchev–Trinajstić information content (AvgIpc) is 2.91. The molecule has 0 saturated carbocycles. The van der Waals surface area contributed by atoms with Crippen LogP contribution >= 0.6 is 0 Å². The number of carbonyl (C=O) groups is 2. The summed E-state index contributed by atoms with van der Waals surface area (Å²) in [5, 5.41) is 36.1. The molecule has 0 spiro atoms. The van der Waals surface area contributed by atoms with Gasteiger partial charge in [0.2, 0.25) is 5.91 Å². The molecule has 0 aliphatic rings. The summed E-state index contributed by atoms with van der Waals surface area (Å²) < 4.78 is 0. The number of nitro groups is 2. The van der Waals surface area contributed by atoms with Gasteiger partial charge in [-0.3, -0.25) is 29.8 Å². The highest BCUT2D eigenvalue weighted by Gasteiger charge is 2.19. The number of hydrogen-bond acceptors (Lipinski definition) is 9. The quantitative estimate of drug-likeness (QED) is 0.0833. The molecule has 0 aliphatic heterocycles. The van der Waals surface area contributed by atoms with Gasteiger partial charge in [0.15, 0.2) is 0 Å². The Kier molecular flexibility index (Phi) is 13.1. The number of azide groups is 2. The van der Waals surface area contributed by atoms with Crippen molar-refractivity contribution in [3.63, 3.8) is 0 Å². The predicted octanol–water partition coefficient (Wildman–Crippen LogP) is 5.15. The third-order valence-electron chi connectivity index (χ3n) is 4.82. The Morgan fingerprint density at radius 1 is 0.868 bits per heavy atom. The van der Waals surface area contributed by atoms with E-state index < -0.39 is 15.8 Å². The maximum absolute atomic E-state index is 11.3. The zero-order valence-corrected chi connectivity index (χ0v) is 20.5. The summed E-state index contributed by atoms with van der Waals surface area (Å²) in [6.07, 6.45) is 2.91. The molecule has 2 rings (SSSR count). The van der Waals surface area contributed by atoms with Gasteiger partial charge in [0.1, 0.15) is 11.3 Å². The van der Waals surface area contributed by atoms with E-state index in [0.29, 0.717) is 18.7 Å². The first-order chi connectivity index (χ1) is 18.2. The van der Waals surface area contributed by atoms with Gasteiger partial charge in [-0.2, -0.15) is 0 Å². The van der Waals surface area contributed by atoms with Gasteiger partial charge in [-0.1, -0.05) is 22.7 Å². The van der Waals surface area contributed by atoms with Crippen molar-refractivity contribution < 1.29 is 19.4 Å². The number of anilines is 1. The zero-order chi connectivity index (χ0) is 28.5. The van der Waals surface area contributed by atoms with Gasteiger partial charge < -0.3 is 16.0 Å². The van der Waals surface area contributed by atoms with E-state index in [0.717, 1.165) is 31.4 Å². The van der Waals surface area contributed by atoms with Crippen molar-refractivity contribution >= 4 is 40.3 Å². The van der Waals surface area contributed by atoms with Crippen molar-refractivity contribution in [3.8, 4) is 0 Å². The summed E-state index contributed by atoms with van der Waals surface area (Å²) in [6, 6.07) is 7.82. The van der Waals surface area contributed by atoms with Gasteiger partial charge in [-0.05, 0) is 42.1 Å². The zero-order valence-electron chi connectivity index (χ0n) is 20.5. The van der Waals surface area contributed by atoms with Crippen LogP contribution in [-0.2, 0) is 4.79 Å². The summed E-state index contributed by atoms with van der Waals surface area (Å²) in [5.74, 6) is -0.598. The van der Waals surface area contributed by atoms with Gasteiger partial charge in [0.25, 0.3) is 17.3 Å². The van der Waals surface area contributed by atoms with Crippen LogP contribution in [0, 0.1) is 20.2 Å². The molecule has 2 aromatic carbocycles. The van der Waals surface area contributed by atoms with E-state index in [4.69, 9.17) is 11.1 Å². The second kappa shape index (κ2) is 16.3. The smallest absolute Gasteiger partial charge is 0.292 e. The molecule has 0 radical (unpaired) electrons. The van der Waals surface area contributed by atoms with Crippen molar-refractivity contribution in [2.75, 3.05) is 26.0 Å². The highest BCUT2D eigenvalue weighted by molar-refractivity contribution is 5.98. The molecule has 0 fully saturated rings. The van der Waals surface area contributed by atoms with Gasteiger partial charge in [-0.15, -0.1) is 0 Å². The van der Waals surface area contributed by atoms with Gasteiger partial charge in [0, 0.05) is 60.4 Å². The summed E-state index contributed by atoms with van der Waals surface area (Å²) in [6.45, 7) is 0.565. The molecule has 0 heterocycles. The van der Waals surface area contributed by atoms with Crippen LogP contribution in [-0.4, -0.2) is 42.3 Å². The van der Waals surface area contributed by atoms with Crippen LogP contribution in [0.25, 0.3) is 20.9 Å². The molecule has 38 heavy (non-hydrogen) atoms. The predicted molar refractivity (Wildman–Crippen MR) is 138 cm³/mol. The van der Waals surface area contributed by atoms with Gasteiger partial charge in [0.05, 0.1) is 9.85 Å². The molecule has 2 amide bonds. The van der Waals surface area contributed by atoms with Crippen LogP contribution in [0.15, 0.2) is 46.6 Å². The normalized spacial score (nSPS) is 9.42. The molecule has 0 atom stereocenters. The standard InChI is InChI=1S/C13H18N6O3.C8H7N5O3/c1-15-13(20)5-3-2-4-8-16-11-7-6-10(17-18-14)9-12(11)19(21)22;1-10-8(14)6-4-5(11-12-9)2-3-7(6)13(15)16/h6-7,9,16H,2-5,8H2,1H3,(H,15,20);2-4H,1H3,(H,10,14).